The van der Waals surface area contributed by atoms with Crippen LogP contribution < -0.4 is 20.3 Å². The Morgan fingerprint density at radius 1 is 1.23 bits per heavy atom. The van der Waals surface area contributed by atoms with Gasteiger partial charge in [0.2, 0.25) is 6.79 Å². The van der Waals surface area contributed by atoms with Crippen molar-refractivity contribution in [3.8, 4) is 11.5 Å². The Hall–Kier alpha value is -2.58. The molecule has 0 saturated carbocycles. The molecule has 0 spiro atoms. The molecule has 0 atom stereocenters. The second-order valence-electron chi connectivity index (χ2n) is 5.65. The lowest BCUT2D eigenvalue weighted by molar-refractivity contribution is 0.174. The van der Waals surface area contributed by atoms with E-state index in [2.05, 4.69) is 15.3 Å². The SMILES string of the molecule is O=c1[nH]c(CSC(=S)NCc2ccc3c(c2)OCO3)nc2ccccc12. The van der Waals surface area contributed by atoms with Crippen LogP contribution in [0.3, 0.4) is 0 Å². The number of aromatic amines is 1. The summed E-state index contributed by atoms with van der Waals surface area (Å²) in [7, 11) is 0. The van der Waals surface area contributed by atoms with E-state index in [0.717, 1.165) is 17.1 Å². The number of nitrogens with zero attached hydrogens (tertiary/aromatic N) is 1. The number of hydrogen-bond acceptors (Lipinski definition) is 6. The standard InChI is InChI=1S/C18H15N3O3S2/c22-17-12-3-1-2-4-13(12)20-16(21-17)9-26-18(25)19-8-11-5-6-14-15(7-11)24-10-23-14/h1-7H,8-10H2,(H,19,25)(H,20,21,22). The summed E-state index contributed by atoms with van der Waals surface area (Å²) in [5.41, 5.74) is 1.60. The molecule has 0 fully saturated rings. The van der Waals surface area contributed by atoms with Gasteiger partial charge in [-0.3, -0.25) is 4.79 Å². The quantitative estimate of drug-likeness (QED) is 0.669. The maximum atomic E-state index is 12.1. The Labute approximate surface area is 158 Å². The second kappa shape index (κ2) is 7.35. The average molecular weight is 385 g/mol. The number of aromatic nitrogens is 2. The number of thiocarbonyl (C=S) groups is 1. The number of thioether (sulfide) groups is 1. The lowest BCUT2D eigenvalue weighted by atomic mass is 10.2. The summed E-state index contributed by atoms with van der Waals surface area (Å²) in [5, 5.41) is 3.78. The molecule has 1 aliphatic rings. The van der Waals surface area contributed by atoms with Crippen molar-refractivity contribution in [2.45, 2.75) is 12.3 Å². The Morgan fingerprint density at radius 2 is 2.08 bits per heavy atom. The first-order chi connectivity index (χ1) is 12.7. The van der Waals surface area contributed by atoms with Crippen LogP contribution in [0.15, 0.2) is 47.3 Å². The van der Waals surface area contributed by atoms with E-state index in [1.165, 1.54) is 11.8 Å². The zero-order valence-electron chi connectivity index (χ0n) is 13.7. The summed E-state index contributed by atoms with van der Waals surface area (Å²) in [6.07, 6.45) is 0. The molecule has 2 heterocycles. The molecule has 0 radical (unpaired) electrons. The molecule has 0 amide bonds. The summed E-state index contributed by atoms with van der Waals surface area (Å²) in [4.78, 5) is 19.3. The van der Waals surface area contributed by atoms with Gasteiger partial charge in [0.1, 0.15) is 10.1 Å². The zero-order chi connectivity index (χ0) is 17.9. The summed E-state index contributed by atoms with van der Waals surface area (Å²) >= 11 is 6.78. The van der Waals surface area contributed by atoms with Crippen molar-refractivity contribution in [1.82, 2.24) is 15.3 Å². The van der Waals surface area contributed by atoms with Crippen LogP contribution in [0.5, 0.6) is 11.5 Å². The smallest absolute Gasteiger partial charge is 0.258 e. The third kappa shape index (κ3) is 3.66. The van der Waals surface area contributed by atoms with E-state index in [-0.39, 0.29) is 12.4 Å². The van der Waals surface area contributed by atoms with Gasteiger partial charge in [-0.1, -0.05) is 42.2 Å². The van der Waals surface area contributed by atoms with Gasteiger partial charge in [0.25, 0.3) is 5.56 Å². The van der Waals surface area contributed by atoms with Gasteiger partial charge < -0.3 is 19.8 Å². The molecule has 4 rings (SSSR count). The van der Waals surface area contributed by atoms with Gasteiger partial charge in [0.15, 0.2) is 11.5 Å². The molecule has 3 aromatic rings. The van der Waals surface area contributed by atoms with Crippen molar-refractivity contribution in [3.05, 3.63) is 64.2 Å². The number of ether oxygens (including phenoxy) is 2. The largest absolute Gasteiger partial charge is 0.454 e. The van der Waals surface area contributed by atoms with Crippen molar-refractivity contribution in [1.29, 1.82) is 0 Å². The fourth-order valence-corrected chi connectivity index (χ4v) is 3.44. The van der Waals surface area contributed by atoms with Crippen LogP contribution in [-0.4, -0.2) is 21.1 Å². The van der Waals surface area contributed by atoms with Gasteiger partial charge in [-0.05, 0) is 29.8 Å². The van der Waals surface area contributed by atoms with E-state index < -0.39 is 0 Å². The Balaban J connectivity index is 1.35. The van der Waals surface area contributed by atoms with Gasteiger partial charge >= 0.3 is 0 Å². The van der Waals surface area contributed by atoms with E-state index in [0.29, 0.717) is 33.3 Å². The van der Waals surface area contributed by atoms with Crippen molar-refractivity contribution < 1.29 is 9.47 Å². The van der Waals surface area contributed by atoms with Gasteiger partial charge in [-0.25, -0.2) is 4.98 Å². The molecule has 132 valence electrons. The first kappa shape index (κ1) is 16.9. The highest BCUT2D eigenvalue weighted by Crippen LogP contribution is 2.32. The highest BCUT2D eigenvalue weighted by atomic mass is 32.2. The molecule has 0 aliphatic carbocycles. The molecule has 2 aromatic carbocycles. The van der Waals surface area contributed by atoms with E-state index in [1.54, 1.807) is 6.07 Å². The Bertz CT molecular complexity index is 1040. The molecule has 0 bridgehead atoms. The first-order valence-electron chi connectivity index (χ1n) is 7.96. The predicted molar refractivity (Wildman–Crippen MR) is 106 cm³/mol. The first-order valence-corrected chi connectivity index (χ1v) is 9.35. The number of hydrogen-bond donors (Lipinski definition) is 2. The van der Waals surface area contributed by atoms with Crippen molar-refractivity contribution in [2.75, 3.05) is 6.79 Å². The van der Waals surface area contributed by atoms with E-state index in [4.69, 9.17) is 21.7 Å². The lowest BCUT2D eigenvalue weighted by Crippen LogP contribution is -2.18. The number of nitrogens with one attached hydrogen (secondary N) is 2. The second-order valence-corrected chi connectivity index (χ2v) is 7.30. The minimum absolute atomic E-state index is 0.134. The lowest BCUT2D eigenvalue weighted by Gasteiger charge is -2.08. The van der Waals surface area contributed by atoms with Crippen LogP contribution >= 0.6 is 24.0 Å². The molecular formula is C18H15N3O3S2. The average Bonchev–Trinajstić information content (AvgIpc) is 3.12. The van der Waals surface area contributed by atoms with Gasteiger partial charge in [-0.15, -0.1) is 0 Å². The van der Waals surface area contributed by atoms with Crippen molar-refractivity contribution >= 4 is 39.2 Å². The van der Waals surface area contributed by atoms with Crippen LogP contribution in [0.2, 0.25) is 0 Å². The zero-order valence-corrected chi connectivity index (χ0v) is 15.3. The summed E-state index contributed by atoms with van der Waals surface area (Å²) in [6, 6.07) is 13.1. The van der Waals surface area contributed by atoms with E-state index >= 15 is 0 Å². The van der Waals surface area contributed by atoms with Crippen LogP contribution in [0.4, 0.5) is 0 Å². The molecule has 1 aliphatic heterocycles. The van der Waals surface area contributed by atoms with Crippen LogP contribution in [0.25, 0.3) is 10.9 Å². The van der Waals surface area contributed by atoms with Crippen molar-refractivity contribution in [3.63, 3.8) is 0 Å². The molecule has 1 aromatic heterocycles. The van der Waals surface area contributed by atoms with Crippen LogP contribution in [-0.2, 0) is 12.3 Å². The van der Waals surface area contributed by atoms with Gasteiger partial charge in [0.05, 0.1) is 16.7 Å². The number of benzene rings is 2. The van der Waals surface area contributed by atoms with E-state index in [1.807, 2.05) is 36.4 Å². The molecule has 6 nitrogen and oxygen atoms in total. The maximum absolute atomic E-state index is 12.1. The van der Waals surface area contributed by atoms with Gasteiger partial charge in [-0.2, -0.15) is 0 Å². The third-order valence-corrected chi connectivity index (χ3v) is 5.20. The monoisotopic (exact) mass is 385 g/mol. The minimum atomic E-state index is -0.134. The molecule has 8 heteroatoms. The molecular weight excluding hydrogens is 370 g/mol. The highest BCUT2D eigenvalue weighted by molar-refractivity contribution is 8.22. The van der Waals surface area contributed by atoms with Gasteiger partial charge in [0, 0.05) is 6.54 Å². The van der Waals surface area contributed by atoms with E-state index in [9.17, 15) is 4.79 Å². The summed E-state index contributed by atoms with van der Waals surface area (Å²) < 4.78 is 11.3. The molecule has 26 heavy (non-hydrogen) atoms. The molecule has 0 unspecified atom stereocenters. The van der Waals surface area contributed by atoms with Crippen LogP contribution in [0, 0.1) is 0 Å². The number of para-hydroxylation sites is 1. The topological polar surface area (TPSA) is 76.2 Å². The summed E-state index contributed by atoms with van der Waals surface area (Å²) in [6.45, 7) is 0.849. The molecule has 2 N–H and O–H groups in total. The minimum Gasteiger partial charge on any atom is -0.454 e. The fraction of sp³-hybridized carbons (Fsp3) is 0.167. The Kier molecular flexibility index (Phi) is 4.77. The van der Waals surface area contributed by atoms with Crippen molar-refractivity contribution in [2.24, 2.45) is 0 Å². The maximum Gasteiger partial charge on any atom is 0.258 e. The number of H-pyrrole nitrogens is 1. The summed E-state index contributed by atoms with van der Waals surface area (Å²) in [5.74, 6) is 2.61. The molecule has 0 saturated heterocycles. The van der Waals surface area contributed by atoms with Crippen LogP contribution in [0.1, 0.15) is 11.4 Å². The number of fused-ring (bicyclic) bond motifs is 2. The highest BCUT2D eigenvalue weighted by Gasteiger charge is 2.13. The Morgan fingerprint density at radius 3 is 3.00 bits per heavy atom. The predicted octanol–water partition coefficient (Wildman–Crippen LogP) is 2.96. The number of rotatable bonds is 4. The third-order valence-electron chi connectivity index (χ3n) is 3.88. The normalized spacial score (nSPS) is 12.3. The fourth-order valence-electron chi connectivity index (χ4n) is 2.61.